The van der Waals surface area contributed by atoms with Gasteiger partial charge in [0.1, 0.15) is 11.3 Å². The zero-order valence-corrected chi connectivity index (χ0v) is 32.5. The lowest BCUT2D eigenvalue weighted by Gasteiger charge is -2.09. The number of thiazole rings is 2. The fourth-order valence-electron chi connectivity index (χ4n) is 5.81. The predicted octanol–water partition coefficient (Wildman–Crippen LogP) is 10.7. The van der Waals surface area contributed by atoms with Gasteiger partial charge in [-0.25, -0.2) is 24.9 Å². The molecule has 0 atom stereocenters. The van der Waals surface area contributed by atoms with E-state index in [-0.39, 0.29) is 0 Å². The molecule has 0 bridgehead atoms. The number of rotatable bonds is 11. The Hall–Kier alpha value is -5.07. The molecule has 8 aromatic rings. The van der Waals surface area contributed by atoms with Crippen LogP contribution in [0.5, 0.6) is 0 Å². The highest BCUT2D eigenvalue weighted by molar-refractivity contribution is 7.80. The van der Waals surface area contributed by atoms with Gasteiger partial charge in [0.15, 0.2) is 0 Å². The number of aryl methyl sites for hydroxylation is 2. The summed E-state index contributed by atoms with van der Waals surface area (Å²) in [6, 6.07) is 24.7. The van der Waals surface area contributed by atoms with E-state index in [0.29, 0.717) is 13.1 Å². The maximum atomic E-state index is 5.75. The van der Waals surface area contributed by atoms with Gasteiger partial charge in [0.2, 0.25) is 0 Å². The Labute approximate surface area is 329 Å². The van der Waals surface area contributed by atoms with Crippen LogP contribution in [-0.2, 0) is 25.9 Å². The molecule has 12 heteroatoms. The van der Waals surface area contributed by atoms with Crippen molar-refractivity contribution < 1.29 is 1.37 Å². The summed E-state index contributed by atoms with van der Waals surface area (Å²) in [7, 11) is 1.25. The zero-order valence-electron chi connectivity index (χ0n) is 30.2. The molecule has 8 rings (SSSR count). The first-order valence-electron chi connectivity index (χ1n) is 17.6. The van der Waals surface area contributed by atoms with E-state index in [2.05, 4.69) is 100 Å². The van der Waals surface area contributed by atoms with Crippen LogP contribution in [0.25, 0.3) is 44.6 Å². The molecule has 0 aliphatic rings. The summed E-state index contributed by atoms with van der Waals surface area (Å²) >= 11 is 13.4. The number of benzene rings is 2. The molecule has 0 amide bonds. The first-order valence-corrected chi connectivity index (χ1v) is 19.3. The van der Waals surface area contributed by atoms with Crippen molar-refractivity contribution in [3.8, 4) is 22.5 Å². The van der Waals surface area contributed by atoms with Crippen LogP contribution in [0.3, 0.4) is 0 Å². The first kappa shape index (κ1) is 37.7. The van der Waals surface area contributed by atoms with Crippen LogP contribution in [0, 0.1) is 0 Å². The molecule has 6 heterocycles. The molecule has 2 aromatic carbocycles. The van der Waals surface area contributed by atoms with E-state index in [1.807, 2.05) is 65.3 Å². The van der Waals surface area contributed by atoms with Gasteiger partial charge in [-0.15, -0.1) is 22.7 Å². The van der Waals surface area contributed by atoms with Crippen molar-refractivity contribution in [3.05, 3.63) is 142 Å². The molecule has 0 aliphatic carbocycles. The monoisotopic (exact) mass is 773 g/mol. The molecule has 0 radical (unpaired) electrons. The summed E-state index contributed by atoms with van der Waals surface area (Å²) in [5, 5.41) is 8.78. The summed E-state index contributed by atoms with van der Waals surface area (Å²) in [4.78, 5) is 28.4. The van der Waals surface area contributed by atoms with E-state index in [9.17, 15) is 0 Å². The minimum absolute atomic E-state index is 0.563. The maximum absolute atomic E-state index is 5.75. The second-order valence-corrected chi connectivity index (χ2v) is 13.8. The number of H-pyrrole nitrogens is 2. The molecule has 53 heavy (non-hydrogen) atoms. The second kappa shape index (κ2) is 20.2. The van der Waals surface area contributed by atoms with Gasteiger partial charge in [0, 0.05) is 65.4 Å². The van der Waals surface area contributed by atoms with E-state index < -0.39 is 0 Å². The lowest BCUT2D eigenvalue weighted by Crippen LogP contribution is -2.01. The number of nitrogens with zero attached hydrogens (tertiary/aromatic N) is 5. The Morgan fingerprint density at radius 1 is 0.717 bits per heavy atom. The summed E-state index contributed by atoms with van der Waals surface area (Å²) in [6.45, 7) is 1.13. The molecule has 0 saturated heterocycles. The van der Waals surface area contributed by atoms with E-state index >= 15 is 0 Å². The Balaban J connectivity index is 0.000000168. The number of thiocarbonyl (C=S) groups is 2. The van der Waals surface area contributed by atoms with Crippen LogP contribution in [0.1, 0.15) is 43.9 Å². The third-order valence-electron chi connectivity index (χ3n) is 8.43. The number of nitrogens with one attached hydrogen (secondary N) is 2. The van der Waals surface area contributed by atoms with Crippen LogP contribution < -0.4 is 5.73 Å². The third-order valence-corrected chi connectivity index (χ3v) is 10.1. The standard InChI is InChI=1S/C21H19N3S2.C10H10N2S.C9H7N3S.CH4/c25-17(8-6-16-9-11-22-21-19(16)10-12-23-21)7-5-15-3-1-2-4-18(15)20-13-26-14-24-20;11-5-8-3-1-2-4-9(8)10-6-13-7-12-10;13-6-10-5-7-1-3-11-9-8(7)2-4-12-9;/h1-4,9-14H,5-8H2,(H,22,23);1-4,6-7H,5,11H2;1-4H,5H2,(H,11,12);1H4/i;;;1D. The van der Waals surface area contributed by atoms with Crippen molar-refractivity contribution in [1.29, 1.82) is 0 Å². The van der Waals surface area contributed by atoms with E-state index in [4.69, 9.17) is 19.3 Å². The second-order valence-electron chi connectivity index (χ2n) is 11.6. The lowest BCUT2D eigenvalue weighted by molar-refractivity contribution is 0.980. The molecule has 8 nitrogen and oxygen atoms in total. The van der Waals surface area contributed by atoms with Gasteiger partial charge in [-0.1, -0.05) is 68.2 Å². The van der Waals surface area contributed by atoms with Crippen LogP contribution in [0.4, 0.5) is 0 Å². The van der Waals surface area contributed by atoms with Crippen LogP contribution >= 0.6 is 47.1 Å². The molecule has 6 aromatic heterocycles. The fourth-order valence-corrected chi connectivity index (χ4v) is 7.18. The number of nitrogens with two attached hydrogens (primary N) is 1. The van der Waals surface area contributed by atoms with Crippen LogP contribution in [-0.4, -0.2) is 39.9 Å². The molecular weight excluding hydrogens is 733 g/mol. The van der Waals surface area contributed by atoms with E-state index in [1.54, 1.807) is 28.9 Å². The van der Waals surface area contributed by atoms with Crippen molar-refractivity contribution >= 4 is 79.2 Å². The molecule has 0 spiro atoms. The van der Waals surface area contributed by atoms with Gasteiger partial charge in [-0.2, -0.15) is 0 Å². The first-order chi connectivity index (χ1) is 26.6. The van der Waals surface area contributed by atoms with Crippen LogP contribution in [0.2, 0.25) is 0 Å². The molecule has 0 aliphatic heterocycles. The fraction of sp³-hybridized carbons (Fsp3) is 0.171. The quantitative estimate of drug-likeness (QED) is 0.0884. The highest BCUT2D eigenvalue weighted by Crippen LogP contribution is 2.26. The van der Waals surface area contributed by atoms with Crippen molar-refractivity contribution in [3.63, 3.8) is 0 Å². The van der Waals surface area contributed by atoms with Crippen LogP contribution in [0.15, 0.2) is 124 Å². The highest BCUT2D eigenvalue weighted by Gasteiger charge is 2.09. The maximum Gasteiger partial charge on any atom is 0.137 e. The Kier molecular flexibility index (Phi) is 14.4. The summed E-state index contributed by atoms with van der Waals surface area (Å²) in [6.07, 6.45) is 11.2. The molecule has 0 saturated carbocycles. The minimum Gasteiger partial charge on any atom is -0.346 e. The Bertz CT molecular complexity index is 2380. The third kappa shape index (κ3) is 10.5. The van der Waals surface area contributed by atoms with Gasteiger partial charge in [-0.3, -0.25) is 0 Å². The number of isothiocyanates is 1. The number of aromatic nitrogens is 6. The smallest absolute Gasteiger partial charge is 0.137 e. The molecule has 0 fully saturated rings. The normalized spacial score (nSPS) is 10.5. The number of hydrogen-bond acceptors (Lipinski definition) is 10. The van der Waals surface area contributed by atoms with E-state index in [0.717, 1.165) is 75.3 Å². The molecular formula is C41H40N8S4. The van der Waals surface area contributed by atoms with Gasteiger partial charge in [0.25, 0.3) is 0 Å². The van der Waals surface area contributed by atoms with Gasteiger partial charge in [0.05, 0.1) is 34.1 Å². The average Bonchev–Trinajstić information content (AvgIpc) is 4.08. The predicted molar refractivity (Wildman–Crippen MR) is 230 cm³/mol. The van der Waals surface area contributed by atoms with Crippen molar-refractivity contribution in [1.82, 2.24) is 29.9 Å². The topological polar surface area (TPSA) is 122 Å². The average molecular weight is 774 g/mol. The van der Waals surface area contributed by atoms with Crippen molar-refractivity contribution in [2.45, 2.75) is 46.2 Å². The Morgan fingerprint density at radius 3 is 1.81 bits per heavy atom. The summed E-state index contributed by atoms with van der Waals surface area (Å²) in [5.41, 5.74) is 20.5. The highest BCUT2D eigenvalue weighted by atomic mass is 32.1. The number of fused-ring (bicyclic) bond motifs is 2. The number of aliphatic imine (C=N–C) groups is 1. The van der Waals surface area contributed by atoms with Gasteiger partial charge in [-0.05, 0) is 89.3 Å². The van der Waals surface area contributed by atoms with E-state index in [1.165, 1.54) is 29.5 Å². The number of aromatic amines is 2. The molecule has 268 valence electrons. The lowest BCUT2D eigenvalue weighted by atomic mass is 9.98. The SMILES string of the molecule is NCc1ccccc1-c1cscn1.S=C(CCc1ccccc1-c1cscn1)CCc1ccnc2[nH]ccc12.S=C=NCc1ccnc2[nH]ccc12.[2H]C. The zero-order chi connectivity index (χ0) is 38.0. The summed E-state index contributed by atoms with van der Waals surface area (Å²) < 4.78 is 5.75. The van der Waals surface area contributed by atoms with Crippen molar-refractivity contribution in [2.75, 3.05) is 0 Å². The molecule has 4 N–H and O–H groups in total. The molecule has 0 unspecified atom stereocenters. The minimum atomic E-state index is 0.563. The summed E-state index contributed by atoms with van der Waals surface area (Å²) in [5.74, 6) is 0. The van der Waals surface area contributed by atoms with Crippen molar-refractivity contribution in [2.24, 2.45) is 10.7 Å². The largest absolute Gasteiger partial charge is 0.346 e. The van der Waals surface area contributed by atoms with Gasteiger partial charge >= 0.3 is 0 Å². The Morgan fingerprint density at radius 2 is 1.25 bits per heavy atom. The number of hydrogen-bond donors (Lipinski definition) is 3. The number of pyridine rings is 2. The van der Waals surface area contributed by atoms with Gasteiger partial charge < -0.3 is 15.7 Å².